The summed E-state index contributed by atoms with van der Waals surface area (Å²) in [5.74, 6) is -0.456. The Morgan fingerprint density at radius 2 is 1.85 bits per heavy atom. The summed E-state index contributed by atoms with van der Waals surface area (Å²) in [5.41, 5.74) is 4.53. The number of esters is 1. The van der Waals surface area contributed by atoms with Gasteiger partial charge >= 0.3 is 5.97 Å². The minimum Gasteiger partial charge on any atom is -0.454 e. The van der Waals surface area contributed by atoms with Gasteiger partial charge in [-0.15, -0.1) is 0 Å². The Kier molecular flexibility index (Phi) is 5.55. The van der Waals surface area contributed by atoms with Crippen molar-refractivity contribution in [1.82, 2.24) is 14.8 Å². The molecule has 0 spiro atoms. The molecular weight excluding hydrogens is 454 g/mol. The van der Waals surface area contributed by atoms with Gasteiger partial charge in [0, 0.05) is 17.2 Å². The number of pyridine rings is 1. The van der Waals surface area contributed by atoms with Gasteiger partial charge in [0.2, 0.25) is 5.78 Å². The van der Waals surface area contributed by atoms with Crippen molar-refractivity contribution in [2.45, 2.75) is 52.0 Å². The number of ketones is 1. The van der Waals surface area contributed by atoms with E-state index in [1.807, 2.05) is 26.0 Å². The molecule has 2 aromatic heterocycles. The molecular formula is C25H27N3O5S. The standard InChI is InChI=1S/C25H27N3O5S/c1-14-4-5-15(2)19(10-14)22(29)12-33-25(30)20-11-21(17-6-7-17)26-24-23(20)16(3)27-28(24)18-8-9-34(31,32)13-18/h4-5,10-11,17-18H,6-9,12-13H2,1-3H3. The molecule has 0 amide bonds. The Hall–Kier alpha value is -3.07. The zero-order chi connectivity index (χ0) is 24.2. The number of carbonyl (C=O) groups excluding carboxylic acids is 2. The summed E-state index contributed by atoms with van der Waals surface area (Å²) in [6.07, 6.45) is 2.45. The van der Waals surface area contributed by atoms with Crippen molar-refractivity contribution in [3.63, 3.8) is 0 Å². The number of aromatic nitrogens is 3. The number of nitrogens with zero attached hydrogens (tertiary/aromatic N) is 3. The molecule has 2 fully saturated rings. The van der Waals surface area contributed by atoms with Crippen LogP contribution in [-0.2, 0) is 14.6 Å². The predicted molar refractivity (Wildman–Crippen MR) is 127 cm³/mol. The Balaban J connectivity index is 1.48. The normalized spacial score (nSPS) is 19.4. The maximum Gasteiger partial charge on any atom is 0.339 e. The molecule has 34 heavy (non-hydrogen) atoms. The van der Waals surface area contributed by atoms with Crippen molar-refractivity contribution in [3.05, 3.63) is 57.9 Å². The monoisotopic (exact) mass is 481 g/mol. The van der Waals surface area contributed by atoms with Crippen LogP contribution in [0.25, 0.3) is 11.0 Å². The second-order valence-corrected chi connectivity index (χ2v) is 11.7. The molecule has 1 aliphatic heterocycles. The lowest BCUT2D eigenvalue weighted by Crippen LogP contribution is -2.16. The van der Waals surface area contributed by atoms with E-state index in [9.17, 15) is 18.0 Å². The van der Waals surface area contributed by atoms with Gasteiger partial charge in [-0.3, -0.25) is 4.79 Å². The number of rotatable bonds is 6. The molecule has 1 atom stereocenters. The second kappa shape index (κ2) is 8.30. The zero-order valence-corrected chi connectivity index (χ0v) is 20.3. The molecule has 3 heterocycles. The number of sulfone groups is 1. The van der Waals surface area contributed by atoms with Crippen LogP contribution in [-0.4, -0.2) is 53.0 Å². The number of hydrogen-bond acceptors (Lipinski definition) is 7. The van der Waals surface area contributed by atoms with Crippen LogP contribution in [0.1, 0.15) is 74.5 Å². The summed E-state index contributed by atoms with van der Waals surface area (Å²) in [6, 6.07) is 7.04. The summed E-state index contributed by atoms with van der Waals surface area (Å²) in [7, 11) is -3.11. The number of aryl methyl sites for hydroxylation is 3. The maximum absolute atomic E-state index is 13.2. The lowest BCUT2D eigenvalue weighted by atomic mass is 10.0. The summed E-state index contributed by atoms with van der Waals surface area (Å²) in [6.45, 7) is 5.17. The van der Waals surface area contributed by atoms with Gasteiger partial charge in [0.15, 0.2) is 22.1 Å². The molecule has 1 aromatic carbocycles. The summed E-state index contributed by atoms with van der Waals surface area (Å²) in [4.78, 5) is 30.7. The van der Waals surface area contributed by atoms with Crippen LogP contribution in [0.3, 0.4) is 0 Å². The van der Waals surface area contributed by atoms with Gasteiger partial charge in [-0.2, -0.15) is 5.10 Å². The largest absolute Gasteiger partial charge is 0.454 e. The van der Waals surface area contributed by atoms with E-state index in [0.717, 1.165) is 29.7 Å². The minimum atomic E-state index is -3.11. The number of Topliss-reactive ketones (excluding diaryl/α,β-unsaturated/α-hetero) is 1. The molecule has 8 nitrogen and oxygen atoms in total. The van der Waals surface area contributed by atoms with E-state index in [0.29, 0.717) is 34.3 Å². The van der Waals surface area contributed by atoms with Crippen LogP contribution in [0, 0.1) is 20.8 Å². The number of carbonyl (C=O) groups is 2. The average molecular weight is 482 g/mol. The topological polar surface area (TPSA) is 108 Å². The highest BCUT2D eigenvalue weighted by atomic mass is 32.2. The van der Waals surface area contributed by atoms with Crippen molar-refractivity contribution in [3.8, 4) is 0 Å². The predicted octanol–water partition coefficient (Wildman–Crippen LogP) is 3.63. The van der Waals surface area contributed by atoms with Crippen molar-refractivity contribution in [1.29, 1.82) is 0 Å². The van der Waals surface area contributed by atoms with Crippen molar-refractivity contribution < 1.29 is 22.7 Å². The van der Waals surface area contributed by atoms with E-state index in [-0.39, 0.29) is 35.9 Å². The van der Waals surface area contributed by atoms with Crippen LogP contribution in [0.4, 0.5) is 0 Å². The Labute approximate surface area is 198 Å². The van der Waals surface area contributed by atoms with Gasteiger partial charge in [-0.25, -0.2) is 22.9 Å². The molecule has 178 valence electrons. The number of ether oxygens (including phenoxy) is 1. The smallest absolute Gasteiger partial charge is 0.339 e. The highest BCUT2D eigenvalue weighted by Gasteiger charge is 2.34. The Bertz CT molecular complexity index is 1440. The van der Waals surface area contributed by atoms with E-state index < -0.39 is 15.8 Å². The van der Waals surface area contributed by atoms with Crippen LogP contribution >= 0.6 is 0 Å². The van der Waals surface area contributed by atoms with E-state index in [1.165, 1.54) is 0 Å². The van der Waals surface area contributed by atoms with Gasteiger partial charge < -0.3 is 4.74 Å². The highest BCUT2D eigenvalue weighted by molar-refractivity contribution is 7.91. The fraction of sp³-hybridized carbons (Fsp3) is 0.440. The molecule has 1 unspecified atom stereocenters. The van der Waals surface area contributed by atoms with E-state index in [2.05, 4.69) is 5.10 Å². The fourth-order valence-corrected chi connectivity index (χ4v) is 6.32. The van der Waals surface area contributed by atoms with Crippen LogP contribution in [0.2, 0.25) is 0 Å². The lowest BCUT2D eigenvalue weighted by molar-refractivity contribution is 0.0476. The van der Waals surface area contributed by atoms with E-state index >= 15 is 0 Å². The zero-order valence-electron chi connectivity index (χ0n) is 19.5. The number of benzene rings is 1. The Morgan fingerprint density at radius 1 is 1.09 bits per heavy atom. The van der Waals surface area contributed by atoms with Gasteiger partial charge in [-0.1, -0.05) is 17.7 Å². The summed E-state index contributed by atoms with van der Waals surface area (Å²) >= 11 is 0. The summed E-state index contributed by atoms with van der Waals surface area (Å²) in [5, 5.41) is 5.13. The third-order valence-electron chi connectivity index (χ3n) is 6.65. The summed E-state index contributed by atoms with van der Waals surface area (Å²) < 4.78 is 31.3. The first-order chi connectivity index (χ1) is 16.1. The maximum atomic E-state index is 13.2. The Morgan fingerprint density at radius 3 is 2.53 bits per heavy atom. The molecule has 3 aromatic rings. The first kappa shape index (κ1) is 22.7. The fourth-order valence-electron chi connectivity index (χ4n) is 4.63. The highest BCUT2D eigenvalue weighted by Crippen LogP contribution is 2.41. The van der Waals surface area contributed by atoms with Crippen molar-refractivity contribution >= 4 is 32.6 Å². The number of fused-ring (bicyclic) bond motifs is 1. The molecule has 1 saturated carbocycles. The second-order valence-electron chi connectivity index (χ2n) is 9.47. The average Bonchev–Trinajstić information content (AvgIpc) is 3.51. The minimum absolute atomic E-state index is 0.0165. The van der Waals surface area contributed by atoms with Crippen LogP contribution in [0.5, 0.6) is 0 Å². The number of hydrogen-bond donors (Lipinski definition) is 0. The van der Waals surface area contributed by atoms with Gasteiger partial charge in [0.05, 0.1) is 34.2 Å². The van der Waals surface area contributed by atoms with Crippen LogP contribution < -0.4 is 0 Å². The third-order valence-corrected chi connectivity index (χ3v) is 8.40. The van der Waals surface area contributed by atoms with Crippen molar-refractivity contribution in [2.24, 2.45) is 0 Å². The first-order valence-electron chi connectivity index (χ1n) is 11.5. The molecule has 0 N–H and O–H groups in total. The van der Waals surface area contributed by atoms with Gasteiger partial charge in [-0.05, 0) is 57.7 Å². The van der Waals surface area contributed by atoms with Crippen LogP contribution in [0.15, 0.2) is 24.3 Å². The molecule has 1 aliphatic carbocycles. The SMILES string of the molecule is Cc1ccc(C)c(C(=O)COC(=O)c2cc(C3CC3)nc3c2c(C)nn3C2CCS(=O)(=O)C2)c1. The molecule has 2 aliphatic rings. The lowest BCUT2D eigenvalue weighted by Gasteiger charge is -2.12. The van der Waals surface area contributed by atoms with Gasteiger partial charge in [0.25, 0.3) is 0 Å². The van der Waals surface area contributed by atoms with Crippen molar-refractivity contribution in [2.75, 3.05) is 18.1 Å². The molecule has 1 saturated heterocycles. The molecule has 9 heteroatoms. The third kappa shape index (κ3) is 4.24. The quantitative estimate of drug-likeness (QED) is 0.391. The first-order valence-corrected chi connectivity index (χ1v) is 13.3. The van der Waals surface area contributed by atoms with E-state index in [1.54, 1.807) is 23.7 Å². The molecule has 0 bridgehead atoms. The molecule has 5 rings (SSSR count). The van der Waals surface area contributed by atoms with E-state index in [4.69, 9.17) is 9.72 Å². The molecule has 0 radical (unpaired) electrons. The van der Waals surface area contributed by atoms with Gasteiger partial charge in [0.1, 0.15) is 0 Å².